The van der Waals surface area contributed by atoms with Crippen LogP contribution in [0.5, 0.6) is 0 Å². The van der Waals surface area contributed by atoms with Gasteiger partial charge in [0.2, 0.25) is 17.7 Å². The molecule has 0 radical (unpaired) electrons. The van der Waals surface area contributed by atoms with Crippen LogP contribution >= 0.6 is 23.2 Å². The molecule has 1 N–H and O–H groups in total. The smallest absolute Gasteiger partial charge is 0.233 e. The third kappa shape index (κ3) is 2.75. The molecule has 1 aromatic rings. The first kappa shape index (κ1) is 16.6. The summed E-state index contributed by atoms with van der Waals surface area (Å²) in [7, 11) is 0. The summed E-state index contributed by atoms with van der Waals surface area (Å²) in [5.41, 5.74) is 0.453. The molecule has 3 amide bonds. The Labute approximate surface area is 155 Å². The van der Waals surface area contributed by atoms with E-state index in [9.17, 15) is 14.4 Å². The van der Waals surface area contributed by atoms with E-state index >= 15 is 0 Å². The third-order valence-corrected chi connectivity index (χ3v) is 5.88. The van der Waals surface area contributed by atoms with Gasteiger partial charge in [-0.3, -0.25) is 19.3 Å². The number of fused-ring (bicyclic) bond motifs is 5. The van der Waals surface area contributed by atoms with E-state index in [4.69, 9.17) is 23.2 Å². The Morgan fingerprint density at radius 2 is 1.76 bits per heavy atom. The molecule has 0 unspecified atom stereocenters. The highest BCUT2D eigenvalue weighted by atomic mass is 35.5. The Hall–Kier alpha value is -1.85. The third-order valence-electron chi connectivity index (χ3n) is 5.33. The normalized spacial score (nSPS) is 29.4. The van der Waals surface area contributed by atoms with Gasteiger partial charge in [-0.25, -0.2) is 0 Å². The summed E-state index contributed by atoms with van der Waals surface area (Å²) in [4.78, 5) is 38.5. The largest absolute Gasteiger partial charge is 0.325 e. The van der Waals surface area contributed by atoms with Crippen LogP contribution in [0, 0.1) is 23.7 Å². The lowest BCUT2D eigenvalue weighted by molar-refractivity contribution is -0.140. The average molecular weight is 379 g/mol. The van der Waals surface area contributed by atoms with Gasteiger partial charge in [-0.05, 0) is 36.5 Å². The standard InChI is InChI=1S/C18H16Cl2N2O3/c19-11-3-4-13(12(20)8-11)21-14(23)5-6-22-17(24)15-9-1-2-10(7-9)16(15)18(22)25/h1-4,8-10,15-16H,5-7H2,(H,21,23)/t9-,10+,15-,16+. The molecule has 1 aliphatic heterocycles. The summed E-state index contributed by atoms with van der Waals surface area (Å²) >= 11 is 11.9. The molecule has 7 heteroatoms. The summed E-state index contributed by atoms with van der Waals surface area (Å²) in [5.74, 6) is -0.667. The number of likely N-dealkylation sites (tertiary alicyclic amines) is 1. The van der Waals surface area contributed by atoms with Crippen LogP contribution in [-0.2, 0) is 14.4 Å². The van der Waals surface area contributed by atoms with Gasteiger partial charge in [0.15, 0.2) is 0 Å². The maximum absolute atomic E-state index is 12.6. The van der Waals surface area contributed by atoms with Crippen LogP contribution in [0.1, 0.15) is 12.8 Å². The van der Waals surface area contributed by atoms with E-state index < -0.39 is 0 Å². The summed E-state index contributed by atoms with van der Waals surface area (Å²) in [6.07, 6.45) is 5.04. The minimum absolute atomic E-state index is 0.0403. The Morgan fingerprint density at radius 3 is 2.36 bits per heavy atom. The van der Waals surface area contributed by atoms with Crippen LogP contribution in [0.3, 0.4) is 0 Å². The van der Waals surface area contributed by atoms with E-state index in [2.05, 4.69) is 17.5 Å². The number of benzene rings is 1. The minimum Gasteiger partial charge on any atom is -0.325 e. The van der Waals surface area contributed by atoms with Gasteiger partial charge >= 0.3 is 0 Å². The van der Waals surface area contributed by atoms with Crippen LogP contribution in [0.2, 0.25) is 10.0 Å². The Balaban J connectivity index is 1.38. The van der Waals surface area contributed by atoms with Crippen LogP contribution < -0.4 is 5.32 Å². The lowest BCUT2D eigenvalue weighted by Gasteiger charge is -2.17. The summed E-state index contributed by atoms with van der Waals surface area (Å²) in [6.45, 7) is 0.0984. The van der Waals surface area contributed by atoms with Crippen LogP contribution in [0.15, 0.2) is 30.4 Å². The molecule has 1 saturated heterocycles. The van der Waals surface area contributed by atoms with Crippen LogP contribution in [0.25, 0.3) is 0 Å². The predicted octanol–water partition coefficient (Wildman–Crippen LogP) is 3.13. The molecular weight excluding hydrogens is 363 g/mol. The highest BCUT2D eigenvalue weighted by Gasteiger charge is 2.58. The number of carbonyl (C=O) groups excluding carboxylic acids is 3. The van der Waals surface area contributed by atoms with Crippen LogP contribution in [-0.4, -0.2) is 29.2 Å². The second-order valence-corrected chi connectivity index (χ2v) is 7.59. The number of amides is 3. The molecule has 3 aliphatic rings. The molecule has 1 aromatic carbocycles. The molecule has 25 heavy (non-hydrogen) atoms. The van der Waals surface area contributed by atoms with Gasteiger partial charge in [0.1, 0.15) is 0 Å². The molecule has 4 rings (SSSR count). The minimum atomic E-state index is -0.303. The highest BCUT2D eigenvalue weighted by molar-refractivity contribution is 6.36. The van der Waals surface area contributed by atoms with Gasteiger partial charge in [-0.1, -0.05) is 35.4 Å². The summed E-state index contributed by atoms with van der Waals surface area (Å²) < 4.78 is 0. The molecule has 0 aromatic heterocycles. The number of halogens is 2. The monoisotopic (exact) mass is 378 g/mol. The molecule has 4 atom stereocenters. The molecule has 5 nitrogen and oxygen atoms in total. The highest BCUT2D eigenvalue weighted by Crippen LogP contribution is 2.52. The summed E-state index contributed by atoms with van der Waals surface area (Å²) in [6, 6.07) is 4.78. The maximum Gasteiger partial charge on any atom is 0.233 e. The lowest BCUT2D eigenvalue weighted by Crippen LogP contribution is -2.35. The number of nitrogens with one attached hydrogen (secondary N) is 1. The fraction of sp³-hybridized carbons (Fsp3) is 0.389. The van der Waals surface area contributed by atoms with Crippen molar-refractivity contribution < 1.29 is 14.4 Å². The molecule has 2 bridgehead atoms. The first-order valence-corrected chi connectivity index (χ1v) is 9.00. The second kappa shape index (κ2) is 6.15. The maximum atomic E-state index is 12.6. The quantitative estimate of drug-likeness (QED) is 0.646. The van der Waals surface area contributed by atoms with Crippen molar-refractivity contribution in [2.24, 2.45) is 23.7 Å². The van der Waals surface area contributed by atoms with E-state index in [0.29, 0.717) is 15.7 Å². The fourth-order valence-corrected chi connectivity index (χ4v) is 4.66. The number of nitrogens with zero attached hydrogens (tertiary/aromatic N) is 1. The topological polar surface area (TPSA) is 66.5 Å². The van der Waals surface area contributed by atoms with E-state index in [1.807, 2.05) is 0 Å². The number of anilines is 1. The molecular formula is C18H16Cl2N2O3. The first-order chi connectivity index (χ1) is 12.0. The zero-order chi connectivity index (χ0) is 17.7. The van der Waals surface area contributed by atoms with Crippen molar-refractivity contribution in [2.45, 2.75) is 12.8 Å². The van der Waals surface area contributed by atoms with Crippen molar-refractivity contribution in [3.8, 4) is 0 Å². The Bertz CT molecular complexity index is 778. The Kier molecular flexibility index (Phi) is 4.08. The van der Waals surface area contributed by atoms with E-state index in [-0.39, 0.29) is 54.4 Å². The van der Waals surface area contributed by atoms with Crippen molar-refractivity contribution in [2.75, 3.05) is 11.9 Å². The SMILES string of the molecule is O=C(CCN1C(=O)[C@@H]2[C@H](C1=O)[C@@H]1C=C[C@H]2C1)Nc1ccc(Cl)cc1Cl. The molecule has 1 heterocycles. The van der Waals surface area contributed by atoms with Crippen molar-refractivity contribution in [1.82, 2.24) is 4.90 Å². The van der Waals surface area contributed by atoms with Gasteiger partial charge in [-0.15, -0.1) is 0 Å². The molecule has 0 spiro atoms. The van der Waals surface area contributed by atoms with E-state index in [0.717, 1.165) is 6.42 Å². The van der Waals surface area contributed by atoms with Crippen molar-refractivity contribution in [3.05, 3.63) is 40.4 Å². The average Bonchev–Trinajstić information content (AvgIpc) is 3.23. The van der Waals surface area contributed by atoms with Gasteiger partial charge < -0.3 is 5.32 Å². The lowest BCUT2D eigenvalue weighted by atomic mass is 9.85. The zero-order valence-corrected chi connectivity index (χ0v) is 14.8. The van der Waals surface area contributed by atoms with Crippen LogP contribution in [0.4, 0.5) is 5.69 Å². The van der Waals surface area contributed by atoms with Crippen molar-refractivity contribution in [1.29, 1.82) is 0 Å². The number of imide groups is 1. The fourth-order valence-electron chi connectivity index (χ4n) is 4.20. The number of rotatable bonds is 4. The van der Waals surface area contributed by atoms with Crippen molar-refractivity contribution >= 4 is 46.6 Å². The van der Waals surface area contributed by atoms with Gasteiger partial charge in [0, 0.05) is 18.0 Å². The van der Waals surface area contributed by atoms with Gasteiger partial charge in [-0.2, -0.15) is 0 Å². The first-order valence-electron chi connectivity index (χ1n) is 8.24. The number of allylic oxidation sites excluding steroid dienone is 2. The second-order valence-electron chi connectivity index (χ2n) is 6.75. The molecule has 1 saturated carbocycles. The van der Waals surface area contributed by atoms with E-state index in [1.165, 1.54) is 11.0 Å². The molecule has 2 aliphatic carbocycles. The summed E-state index contributed by atoms with van der Waals surface area (Å²) in [5, 5.41) is 3.50. The predicted molar refractivity (Wildman–Crippen MR) is 94.1 cm³/mol. The molecule has 130 valence electrons. The van der Waals surface area contributed by atoms with E-state index in [1.54, 1.807) is 12.1 Å². The zero-order valence-electron chi connectivity index (χ0n) is 13.2. The number of hydrogen-bond donors (Lipinski definition) is 1. The van der Waals surface area contributed by atoms with Gasteiger partial charge in [0.05, 0.1) is 22.5 Å². The van der Waals surface area contributed by atoms with Gasteiger partial charge in [0.25, 0.3) is 0 Å². The number of carbonyl (C=O) groups is 3. The Morgan fingerprint density at radius 1 is 1.12 bits per heavy atom. The molecule has 2 fully saturated rings. The number of hydrogen-bond acceptors (Lipinski definition) is 3. The van der Waals surface area contributed by atoms with Crippen molar-refractivity contribution in [3.63, 3.8) is 0 Å².